The number of carboxylic acid groups (broad SMARTS) is 1. The van der Waals surface area contributed by atoms with Gasteiger partial charge in [-0.3, -0.25) is 28.7 Å². The molecule has 15 nitrogen and oxygen atoms in total. The van der Waals surface area contributed by atoms with Gasteiger partial charge in [-0.25, -0.2) is 4.98 Å². The van der Waals surface area contributed by atoms with Gasteiger partial charge < -0.3 is 30.6 Å². The van der Waals surface area contributed by atoms with Crippen molar-refractivity contribution in [1.82, 2.24) is 35.3 Å². The fourth-order valence-corrected chi connectivity index (χ4v) is 11.8. The molecule has 0 spiro atoms. The number of benzene rings is 3. The van der Waals surface area contributed by atoms with Crippen LogP contribution in [-0.2, 0) is 20.8 Å². The molecular formula is C52H57N9O6S2. The summed E-state index contributed by atoms with van der Waals surface area (Å²) in [6, 6.07) is 18.7. The smallest absolute Gasteiger partial charge is 0.306 e. The van der Waals surface area contributed by atoms with Crippen LogP contribution in [0.15, 0.2) is 77.2 Å². The fraction of sp³-hybridized carbons (Fsp3) is 0.385. The van der Waals surface area contributed by atoms with Gasteiger partial charge in [-0.2, -0.15) is 0 Å². The van der Waals surface area contributed by atoms with E-state index in [2.05, 4.69) is 56.7 Å². The maximum absolute atomic E-state index is 14.5. The van der Waals surface area contributed by atoms with E-state index in [9.17, 15) is 29.4 Å². The number of carboxylic acids is 1. The molecule has 3 aliphatic heterocycles. The lowest BCUT2D eigenvalue weighted by Crippen LogP contribution is -2.57. The number of anilines is 2. The first-order valence-corrected chi connectivity index (χ1v) is 25.0. The number of aryl methyl sites for hydroxylation is 4. The van der Waals surface area contributed by atoms with Crippen LogP contribution in [0.25, 0.3) is 15.4 Å². The van der Waals surface area contributed by atoms with Gasteiger partial charge in [0.2, 0.25) is 11.8 Å². The minimum absolute atomic E-state index is 0.0244. The number of carbonyl (C=O) groups excluding carboxylic acids is 3. The highest BCUT2D eigenvalue weighted by atomic mass is 32.1. The number of amides is 3. The van der Waals surface area contributed by atoms with Gasteiger partial charge in [0.05, 0.1) is 40.4 Å². The molecule has 6 aromatic rings. The summed E-state index contributed by atoms with van der Waals surface area (Å²) in [5.41, 5.74) is 10.9. The van der Waals surface area contributed by atoms with Crippen molar-refractivity contribution in [1.29, 1.82) is 0 Å². The van der Waals surface area contributed by atoms with Gasteiger partial charge in [-0.1, -0.05) is 57.2 Å². The van der Waals surface area contributed by atoms with Crippen molar-refractivity contribution in [2.75, 3.05) is 18.0 Å². The second-order valence-corrected chi connectivity index (χ2v) is 21.5. The summed E-state index contributed by atoms with van der Waals surface area (Å²) in [7, 11) is 0. The normalized spacial score (nSPS) is 18.6. The van der Waals surface area contributed by atoms with E-state index in [0.29, 0.717) is 22.9 Å². The van der Waals surface area contributed by atoms with Crippen molar-refractivity contribution in [3.8, 4) is 15.4 Å². The number of aromatic nitrogens is 4. The van der Waals surface area contributed by atoms with E-state index < -0.39 is 47.4 Å². The van der Waals surface area contributed by atoms with Gasteiger partial charge in [0, 0.05) is 52.5 Å². The van der Waals surface area contributed by atoms with Gasteiger partial charge in [0.15, 0.2) is 5.82 Å². The van der Waals surface area contributed by atoms with E-state index in [1.165, 1.54) is 4.90 Å². The highest BCUT2D eigenvalue weighted by Gasteiger charge is 2.45. The van der Waals surface area contributed by atoms with Crippen LogP contribution in [0.1, 0.15) is 119 Å². The van der Waals surface area contributed by atoms with Crippen molar-refractivity contribution in [3.05, 3.63) is 128 Å². The molecule has 3 aromatic carbocycles. The van der Waals surface area contributed by atoms with Crippen LogP contribution in [0, 0.1) is 33.1 Å². The molecule has 358 valence electrons. The lowest BCUT2D eigenvalue weighted by molar-refractivity contribution is -0.142. The van der Waals surface area contributed by atoms with Crippen LogP contribution in [0.4, 0.5) is 11.4 Å². The second kappa shape index (κ2) is 18.7. The number of β-amino-alcohol motifs (C(OH)–C–C–N with tert-alkyl or cyclic N) is 1. The molecule has 3 aliphatic rings. The number of rotatable bonds is 11. The van der Waals surface area contributed by atoms with Crippen LogP contribution < -0.4 is 15.5 Å². The summed E-state index contributed by atoms with van der Waals surface area (Å²) in [5, 5.41) is 36.4. The number of fused-ring (bicyclic) bond motifs is 4. The number of aliphatic hydroxyl groups is 1. The minimum atomic E-state index is -0.992. The van der Waals surface area contributed by atoms with E-state index in [4.69, 9.17) is 4.99 Å². The average molecular weight is 968 g/mol. The van der Waals surface area contributed by atoms with Crippen LogP contribution >= 0.6 is 22.7 Å². The van der Waals surface area contributed by atoms with Crippen LogP contribution in [0.3, 0.4) is 0 Å². The molecule has 3 aromatic heterocycles. The molecule has 4 N–H and O–H groups in total. The molecule has 6 heterocycles. The molecule has 69 heavy (non-hydrogen) atoms. The summed E-state index contributed by atoms with van der Waals surface area (Å²) < 4.78 is 1.95. The van der Waals surface area contributed by atoms with E-state index in [1.807, 2.05) is 100 Å². The summed E-state index contributed by atoms with van der Waals surface area (Å²) >= 11 is 3.20. The van der Waals surface area contributed by atoms with Crippen LogP contribution in [0.2, 0.25) is 0 Å². The molecule has 0 saturated carbocycles. The lowest BCUT2D eigenvalue weighted by Gasteiger charge is -2.36. The Morgan fingerprint density at radius 1 is 0.928 bits per heavy atom. The monoisotopic (exact) mass is 967 g/mol. The zero-order chi connectivity index (χ0) is 49.1. The molecule has 9 rings (SSSR count). The number of carbonyl (C=O) groups is 4. The van der Waals surface area contributed by atoms with Crippen molar-refractivity contribution < 1.29 is 29.4 Å². The number of hydrogen-bond acceptors (Lipinski definition) is 12. The number of thiazole rings is 1. The number of likely N-dealkylation sites (tertiary alicyclic amines) is 1. The molecule has 17 heteroatoms. The minimum Gasteiger partial charge on any atom is -0.481 e. The quantitative estimate of drug-likeness (QED) is 0.0985. The Bertz CT molecular complexity index is 3000. The number of nitrogens with one attached hydrogen (secondary N) is 2. The lowest BCUT2D eigenvalue weighted by atomic mass is 9.85. The zero-order valence-corrected chi connectivity index (χ0v) is 41.7. The van der Waals surface area contributed by atoms with E-state index in [1.54, 1.807) is 28.7 Å². The predicted molar refractivity (Wildman–Crippen MR) is 268 cm³/mol. The van der Waals surface area contributed by atoms with Crippen LogP contribution in [0.5, 0.6) is 0 Å². The first kappa shape index (κ1) is 47.5. The SMILES string of the molecule is Cc1ncsc1-c1ccc(C(C)NC(=O)[C@@H]2C[C@@H](O)CN2C(=O)C(NC(=O)c2ccc3c(c2)CCCN3c2ccc(C3=N[C@@H](CC(=O)O)c4nnc(C)n4-c4sc(C)c(C)c43)cc2)C(C)(C)C)cc1. The highest BCUT2D eigenvalue weighted by Crippen LogP contribution is 2.41. The first-order valence-electron chi connectivity index (χ1n) is 23.3. The Hall–Kier alpha value is -6.56. The number of aliphatic carboxylic acids is 1. The Kier molecular flexibility index (Phi) is 12.9. The van der Waals surface area contributed by atoms with Gasteiger partial charge >= 0.3 is 5.97 Å². The van der Waals surface area contributed by atoms with Crippen molar-refractivity contribution >= 4 is 63.5 Å². The number of aliphatic imine (C=N–C) groups is 1. The summed E-state index contributed by atoms with van der Waals surface area (Å²) in [5.74, 6) is -0.993. The molecule has 1 fully saturated rings. The predicted octanol–water partition coefficient (Wildman–Crippen LogP) is 8.12. The maximum atomic E-state index is 14.5. The van der Waals surface area contributed by atoms with E-state index >= 15 is 0 Å². The Balaban J connectivity index is 0.908. The highest BCUT2D eigenvalue weighted by molar-refractivity contribution is 7.15. The van der Waals surface area contributed by atoms with Gasteiger partial charge in [0.1, 0.15) is 29.0 Å². The van der Waals surface area contributed by atoms with Gasteiger partial charge in [-0.05, 0) is 105 Å². The first-order chi connectivity index (χ1) is 32.9. The molecule has 1 saturated heterocycles. The zero-order valence-electron chi connectivity index (χ0n) is 40.0. The third-order valence-corrected chi connectivity index (χ3v) is 15.7. The van der Waals surface area contributed by atoms with E-state index in [-0.39, 0.29) is 31.3 Å². The maximum Gasteiger partial charge on any atom is 0.306 e. The van der Waals surface area contributed by atoms with Gasteiger partial charge in [-0.15, -0.1) is 32.9 Å². The van der Waals surface area contributed by atoms with Crippen molar-refractivity contribution in [2.45, 2.75) is 111 Å². The Morgan fingerprint density at radius 2 is 1.65 bits per heavy atom. The average Bonchev–Trinajstić information content (AvgIpc) is 4.09. The molecule has 0 radical (unpaired) electrons. The fourth-order valence-electron chi connectivity index (χ4n) is 9.73. The Labute approximate surface area is 409 Å². The number of aliphatic hydroxyl groups excluding tert-OH is 1. The van der Waals surface area contributed by atoms with Gasteiger partial charge in [0.25, 0.3) is 5.91 Å². The number of hydrogen-bond donors (Lipinski definition) is 4. The molecular weight excluding hydrogens is 911 g/mol. The van der Waals surface area contributed by atoms with Crippen molar-refractivity contribution in [2.24, 2.45) is 10.4 Å². The largest absolute Gasteiger partial charge is 0.481 e. The second-order valence-electron chi connectivity index (χ2n) is 19.4. The van der Waals surface area contributed by atoms with Crippen molar-refractivity contribution in [3.63, 3.8) is 0 Å². The molecule has 5 atom stereocenters. The number of nitrogens with zero attached hydrogens (tertiary/aromatic N) is 7. The topological polar surface area (TPSA) is 195 Å². The third-order valence-electron chi connectivity index (χ3n) is 13.6. The summed E-state index contributed by atoms with van der Waals surface area (Å²) in [6.07, 6.45) is 0.574. The number of thiophene rings is 1. The Morgan fingerprint density at radius 3 is 2.33 bits per heavy atom. The van der Waals surface area contributed by atoms with E-state index in [0.717, 1.165) is 84.6 Å². The standard InChI is InChI=1S/C52H57N9O6S2/c1-27-30(4)69-51-43(27)44(55-39(24-42(63)64)47-58-57-31(5)61(47)51)33-15-18-37(19-16-33)59-21-9-10-35-22-36(17-20-40(35)59)48(65)56-46(52(6,7)8)50(67)60-25-38(62)23-41(60)49(66)54-28(2)32-11-13-34(14-12-32)45-29(3)53-26-68-45/h11-20,22,26,28,38-39,41,46,62H,9-10,21,23-25H2,1-8H3,(H,54,66)(H,56,65)(H,63,64)/t28?,38-,39+,41+,46?/m1/s1. The van der Waals surface area contributed by atoms with Crippen LogP contribution in [-0.4, -0.2) is 95.5 Å². The molecule has 0 aliphatic carbocycles. The molecule has 2 unspecified atom stereocenters. The summed E-state index contributed by atoms with van der Waals surface area (Å²) in [4.78, 5) is 69.9. The third kappa shape index (κ3) is 9.22. The summed E-state index contributed by atoms with van der Waals surface area (Å²) in [6.45, 7) is 16.2. The molecule has 0 bridgehead atoms. The molecule has 3 amide bonds.